The Labute approximate surface area is 51.9 Å². The molecule has 1 rings (SSSR count). The number of carbonyl (C=O) groups excluding carboxylic acids is 2. The third-order valence-corrected chi connectivity index (χ3v) is 0.917. The van der Waals surface area contributed by atoms with E-state index in [1.54, 1.807) is 0 Å². The molecule has 0 aliphatic carbocycles. The second kappa shape index (κ2) is 1.89. The maximum absolute atomic E-state index is 10.5. The van der Waals surface area contributed by atoms with Crippen LogP contribution in [0.1, 0.15) is 6.42 Å². The van der Waals surface area contributed by atoms with Gasteiger partial charge in [0, 0.05) is 5.70 Å². The van der Waals surface area contributed by atoms with Crippen LogP contribution in [0.3, 0.4) is 0 Å². The Bertz CT molecular complexity index is 140. The summed E-state index contributed by atoms with van der Waals surface area (Å²) < 4.78 is 0. The van der Waals surface area contributed by atoms with Crippen molar-refractivity contribution in [2.75, 3.05) is 0 Å². The minimum absolute atomic E-state index is 0.186. The van der Waals surface area contributed by atoms with E-state index in [1.807, 2.05) is 0 Å². The minimum Gasteiger partial charge on any atom is -0.312 e. The monoisotopic (exact) mass is 126 g/mol. The van der Waals surface area contributed by atoms with Gasteiger partial charge in [0.1, 0.15) is 0 Å². The molecule has 0 atom stereocenters. The summed E-state index contributed by atoms with van der Waals surface area (Å²) in [7, 11) is 0. The fourth-order valence-corrected chi connectivity index (χ4v) is 0.601. The number of imide groups is 1. The van der Waals surface area contributed by atoms with Gasteiger partial charge in [0.25, 0.3) is 0 Å². The molecule has 1 heterocycles. The minimum atomic E-state index is -0.490. The summed E-state index contributed by atoms with van der Waals surface area (Å²) in [5, 5.41) is 4.40. The molecule has 48 valence electrons. The molecular formula is C5H6N2O2. The van der Waals surface area contributed by atoms with Gasteiger partial charge in [-0.25, -0.2) is 4.79 Å². The molecule has 1 fully saturated rings. The van der Waals surface area contributed by atoms with Gasteiger partial charge in [-0.2, -0.15) is 0 Å². The summed E-state index contributed by atoms with van der Waals surface area (Å²) in [6.07, 6.45) is 0.186. The van der Waals surface area contributed by atoms with Gasteiger partial charge in [-0.1, -0.05) is 6.58 Å². The first kappa shape index (κ1) is 5.81. The van der Waals surface area contributed by atoms with Crippen molar-refractivity contribution in [2.45, 2.75) is 6.42 Å². The highest BCUT2D eigenvalue weighted by Gasteiger charge is 2.15. The van der Waals surface area contributed by atoms with Crippen molar-refractivity contribution >= 4 is 11.9 Å². The summed E-state index contributed by atoms with van der Waals surface area (Å²) in [6.45, 7) is 3.42. The molecule has 4 heteroatoms. The van der Waals surface area contributed by atoms with Gasteiger partial charge in [0.15, 0.2) is 0 Å². The summed E-state index contributed by atoms with van der Waals surface area (Å²) in [6, 6.07) is -0.490. The van der Waals surface area contributed by atoms with Crippen LogP contribution in [0.2, 0.25) is 0 Å². The first-order valence-corrected chi connectivity index (χ1v) is 2.47. The lowest BCUT2D eigenvalue weighted by atomic mass is 10.3. The summed E-state index contributed by atoms with van der Waals surface area (Å²) in [5.41, 5.74) is 0.448. The Morgan fingerprint density at radius 3 is 2.44 bits per heavy atom. The molecule has 1 aliphatic heterocycles. The number of carbonyl (C=O) groups is 2. The highest BCUT2D eigenvalue weighted by atomic mass is 16.2. The lowest BCUT2D eigenvalue weighted by Gasteiger charge is -2.13. The van der Waals surface area contributed by atoms with Crippen molar-refractivity contribution < 1.29 is 9.59 Å². The first-order chi connectivity index (χ1) is 4.18. The summed E-state index contributed by atoms with van der Waals surface area (Å²) in [5.74, 6) is -0.302. The van der Waals surface area contributed by atoms with E-state index in [4.69, 9.17) is 0 Å². The quantitative estimate of drug-likeness (QED) is 0.469. The van der Waals surface area contributed by atoms with Crippen molar-refractivity contribution in [1.29, 1.82) is 0 Å². The zero-order chi connectivity index (χ0) is 6.85. The van der Waals surface area contributed by atoms with Gasteiger partial charge in [-0.3, -0.25) is 10.1 Å². The topological polar surface area (TPSA) is 58.2 Å². The Morgan fingerprint density at radius 1 is 1.33 bits per heavy atom. The fourth-order valence-electron chi connectivity index (χ4n) is 0.601. The highest BCUT2D eigenvalue weighted by Crippen LogP contribution is 1.96. The van der Waals surface area contributed by atoms with E-state index in [0.717, 1.165) is 0 Å². The predicted molar refractivity (Wildman–Crippen MR) is 30.4 cm³/mol. The van der Waals surface area contributed by atoms with E-state index in [2.05, 4.69) is 17.2 Å². The van der Waals surface area contributed by atoms with Crippen LogP contribution in [0.15, 0.2) is 12.3 Å². The van der Waals surface area contributed by atoms with Gasteiger partial charge in [0.05, 0.1) is 6.42 Å². The largest absolute Gasteiger partial charge is 0.325 e. The lowest BCUT2D eigenvalue weighted by Crippen LogP contribution is -2.44. The van der Waals surface area contributed by atoms with Crippen LogP contribution in [-0.4, -0.2) is 11.9 Å². The predicted octanol–water partition coefficient (Wildman–Crippen LogP) is -0.270. The van der Waals surface area contributed by atoms with Crippen LogP contribution >= 0.6 is 0 Å². The van der Waals surface area contributed by atoms with E-state index in [-0.39, 0.29) is 12.3 Å². The van der Waals surface area contributed by atoms with Crippen molar-refractivity contribution in [1.82, 2.24) is 10.6 Å². The molecular weight excluding hydrogens is 120 g/mol. The van der Waals surface area contributed by atoms with Crippen LogP contribution in [0, 0.1) is 0 Å². The number of rotatable bonds is 0. The average Bonchev–Trinajstić information content (AvgIpc) is 1.59. The molecule has 0 aromatic carbocycles. The Kier molecular flexibility index (Phi) is 1.22. The van der Waals surface area contributed by atoms with E-state index < -0.39 is 6.03 Å². The third-order valence-electron chi connectivity index (χ3n) is 0.917. The van der Waals surface area contributed by atoms with Crippen molar-refractivity contribution in [3.8, 4) is 0 Å². The summed E-state index contributed by atoms with van der Waals surface area (Å²) >= 11 is 0. The zero-order valence-electron chi connectivity index (χ0n) is 4.73. The molecule has 9 heavy (non-hydrogen) atoms. The maximum atomic E-state index is 10.5. The van der Waals surface area contributed by atoms with Crippen LogP contribution < -0.4 is 10.6 Å². The van der Waals surface area contributed by atoms with E-state index in [9.17, 15) is 9.59 Å². The average molecular weight is 126 g/mol. The van der Waals surface area contributed by atoms with Gasteiger partial charge >= 0.3 is 6.03 Å². The van der Waals surface area contributed by atoms with Crippen LogP contribution in [0.5, 0.6) is 0 Å². The van der Waals surface area contributed by atoms with Crippen molar-refractivity contribution in [3.63, 3.8) is 0 Å². The molecule has 0 aromatic rings. The first-order valence-electron chi connectivity index (χ1n) is 2.47. The van der Waals surface area contributed by atoms with E-state index in [1.165, 1.54) is 0 Å². The highest BCUT2D eigenvalue weighted by molar-refractivity contribution is 5.98. The molecule has 0 aromatic heterocycles. The normalized spacial score (nSPS) is 18.9. The standard InChI is InChI=1S/C5H6N2O2/c1-3-2-4(8)7-5(9)6-3/h1-2H2,(H2,6,7,8,9). The molecule has 1 aliphatic rings. The lowest BCUT2D eigenvalue weighted by molar-refractivity contribution is -0.119. The van der Waals surface area contributed by atoms with Crippen molar-refractivity contribution in [3.05, 3.63) is 12.3 Å². The maximum Gasteiger partial charge on any atom is 0.325 e. The Balaban J connectivity index is 2.64. The molecule has 0 bridgehead atoms. The molecule has 0 unspecified atom stereocenters. The Morgan fingerprint density at radius 2 is 2.00 bits per heavy atom. The molecule has 0 radical (unpaired) electrons. The van der Waals surface area contributed by atoms with Gasteiger partial charge in [0.2, 0.25) is 5.91 Å². The number of amides is 3. The Hall–Kier alpha value is -1.32. The number of hydrogen-bond acceptors (Lipinski definition) is 2. The second-order valence-electron chi connectivity index (χ2n) is 1.78. The van der Waals surface area contributed by atoms with E-state index >= 15 is 0 Å². The van der Waals surface area contributed by atoms with Crippen LogP contribution in [0.25, 0.3) is 0 Å². The molecule has 3 amide bonds. The zero-order valence-corrected chi connectivity index (χ0v) is 4.73. The smallest absolute Gasteiger partial charge is 0.312 e. The van der Waals surface area contributed by atoms with Gasteiger partial charge in [-0.05, 0) is 0 Å². The SMILES string of the molecule is C=C1CC(=O)NC(=O)N1. The van der Waals surface area contributed by atoms with Crippen molar-refractivity contribution in [2.24, 2.45) is 0 Å². The molecule has 0 spiro atoms. The van der Waals surface area contributed by atoms with Crippen LogP contribution in [-0.2, 0) is 4.79 Å². The molecule has 0 saturated carbocycles. The second-order valence-corrected chi connectivity index (χ2v) is 1.78. The number of nitrogens with one attached hydrogen (secondary N) is 2. The van der Waals surface area contributed by atoms with Gasteiger partial charge < -0.3 is 5.32 Å². The van der Waals surface area contributed by atoms with E-state index in [0.29, 0.717) is 5.70 Å². The molecule has 4 nitrogen and oxygen atoms in total. The van der Waals surface area contributed by atoms with Crippen LogP contribution in [0.4, 0.5) is 4.79 Å². The number of urea groups is 1. The van der Waals surface area contributed by atoms with Gasteiger partial charge in [-0.15, -0.1) is 0 Å². The third kappa shape index (κ3) is 1.28. The summed E-state index contributed by atoms with van der Waals surface area (Å²) in [4.78, 5) is 20.8. The number of hydrogen-bond donors (Lipinski definition) is 2. The molecule has 2 N–H and O–H groups in total. The molecule has 1 saturated heterocycles. The fraction of sp³-hybridized carbons (Fsp3) is 0.200.